The van der Waals surface area contributed by atoms with Crippen molar-refractivity contribution < 1.29 is 9.53 Å². The number of rotatable bonds is 4. The second-order valence-electron chi connectivity index (χ2n) is 6.03. The maximum atomic E-state index is 11.8. The van der Waals surface area contributed by atoms with Gasteiger partial charge in [0.05, 0.1) is 0 Å². The van der Waals surface area contributed by atoms with Crippen molar-refractivity contribution in [2.75, 3.05) is 11.9 Å². The zero-order valence-corrected chi connectivity index (χ0v) is 13.0. The highest BCUT2D eigenvalue weighted by Gasteiger charge is 2.13. The lowest BCUT2D eigenvalue weighted by Gasteiger charge is -2.19. The van der Waals surface area contributed by atoms with E-state index in [4.69, 9.17) is 4.74 Å². The number of hydrogen-bond donors (Lipinski definition) is 2. The molecule has 0 bridgehead atoms. The number of anilines is 1. The van der Waals surface area contributed by atoms with E-state index >= 15 is 0 Å². The number of nitrogens with one attached hydrogen (secondary N) is 2. The van der Waals surface area contributed by atoms with Crippen molar-refractivity contribution in [3.05, 3.63) is 58.5 Å². The molecule has 1 heterocycles. The van der Waals surface area contributed by atoms with Crippen LogP contribution in [0.4, 0.5) is 5.69 Å². The van der Waals surface area contributed by atoms with Crippen molar-refractivity contribution >= 4 is 11.6 Å². The third kappa shape index (κ3) is 4.22. The van der Waals surface area contributed by atoms with Crippen LogP contribution in [0.25, 0.3) is 0 Å². The number of hydrogen-bond acceptors (Lipinski definition) is 3. The second-order valence-corrected chi connectivity index (χ2v) is 6.03. The number of aromatic amines is 1. The van der Waals surface area contributed by atoms with Crippen LogP contribution in [0.15, 0.2) is 47.4 Å². The first kappa shape index (κ1) is 15.8. The van der Waals surface area contributed by atoms with Gasteiger partial charge in [0.25, 0.3) is 11.5 Å². The summed E-state index contributed by atoms with van der Waals surface area (Å²) in [6, 6.07) is 10.8. The summed E-state index contributed by atoms with van der Waals surface area (Å²) in [5, 5.41) is 2.73. The van der Waals surface area contributed by atoms with Gasteiger partial charge in [-0.2, -0.15) is 0 Å². The van der Waals surface area contributed by atoms with Gasteiger partial charge in [-0.1, -0.05) is 32.9 Å². The Balaban J connectivity index is 1.92. The molecular formula is C17H20N2O3. The summed E-state index contributed by atoms with van der Waals surface area (Å²) in [4.78, 5) is 25.7. The summed E-state index contributed by atoms with van der Waals surface area (Å²) >= 11 is 0. The molecule has 0 radical (unpaired) electrons. The predicted molar refractivity (Wildman–Crippen MR) is 86.3 cm³/mol. The van der Waals surface area contributed by atoms with Gasteiger partial charge in [-0.15, -0.1) is 0 Å². The number of aromatic nitrogens is 1. The quantitative estimate of drug-likeness (QED) is 0.912. The minimum Gasteiger partial charge on any atom is -0.478 e. The fourth-order valence-corrected chi connectivity index (χ4v) is 1.91. The number of carbonyl (C=O) groups is 1. The molecule has 1 aromatic heterocycles. The lowest BCUT2D eigenvalue weighted by atomic mass is 9.87. The van der Waals surface area contributed by atoms with Gasteiger partial charge in [-0.25, -0.2) is 0 Å². The smallest absolute Gasteiger partial charge is 0.290 e. The fourth-order valence-electron chi connectivity index (χ4n) is 1.91. The van der Waals surface area contributed by atoms with Crippen LogP contribution in [0.2, 0.25) is 0 Å². The second kappa shape index (κ2) is 6.47. The van der Waals surface area contributed by atoms with Gasteiger partial charge in [0.15, 0.2) is 12.4 Å². The molecule has 2 rings (SSSR count). The Labute approximate surface area is 129 Å². The van der Waals surface area contributed by atoms with Crippen LogP contribution < -0.4 is 15.6 Å². The van der Waals surface area contributed by atoms with Crippen molar-refractivity contribution in [2.24, 2.45) is 0 Å². The summed E-state index contributed by atoms with van der Waals surface area (Å²) in [7, 11) is 0. The minimum atomic E-state index is -0.357. The van der Waals surface area contributed by atoms with Crippen LogP contribution in [-0.4, -0.2) is 17.5 Å². The van der Waals surface area contributed by atoms with Crippen molar-refractivity contribution in [1.29, 1.82) is 0 Å². The highest BCUT2D eigenvalue weighted by molar-refractivity contribution is 5.91. The number of amides is 1. The monoisotopic (exact) mass is 300 g/mol. The molecule has 0 spiro atoms. The van der Waals surface area contributed by atoms with Crippen molar-refractivity contribution in [3.63, 3.8) is 0 Å². The van der Waals surface area contributed by atoms with Crippen LogP contribution in [0, 0.1) is 0 Å². The van der Waals surface area contributed by atoms with E-state index in [1.807, 2.05) is 24.3 Å². The number of ether oxygens (including phenoxy) is 1. The maximum absolute atomic E-state index is 11.8. The van der Waals surface area contributed by atoms with E-state index in [0.717, 1.165) is 0 Å². The molecule has 1 amide bonds. The maximum Gasteiger partial charge on any atom is 0.290 e. The number of carbonyl (C=O) groups excluding carboxylic acids is 1. The molecule has 0 atom stereocenters. The fraction of sp³-hybridized carbons (Fsp3) is 0.294. The Hall–Kier alpha value is -2.56. The van der Waals surface area contributed by atoms with Crippen molar-refractivity contribution in [2.45, 2.75) is 26.2 Å². The Morgan fingerprint density at radius 1 is 1.18 bits per heavy atom. The van der Waals surface area contributed by atoms with Gasteiger partial charge < -0.3 is 15.0 Å². The summed E-state index contributed by atoms with van der Waals surface area (Å²) in [5.74, 6) is -0.188. The van der Waals surface area contributed by atoms with E-state index < -0.39 is 0 Å². The molecule has 0 fully saturated rings. The van der Waals surface area contributed by atoms with E-state index in [0.29, 0.717) is 5.69 Å². The molecule has 0 unspecified atom stereocenters. The van der Waals surface area contributed by atoms with Gasteiger partial charge in [-0.3, -0.25) is 9.59 Å². The van der Waals surface area contributed by atoms with Gasteiger partial charge in [0.2, 0.25) is 0 Å². The summed E-state index contributed by atoms with van der Waals surface area (Å²) in [6.45, 7) is 6.18. The van der Waals surface area contributed by atoms with Crippen molar-refractivity contribution in [1.82, 2.24) is 4.98 Å². The third-order valence-corrected chi connectivity index (χ3v) is 3.18. The summed E-state index contributed by atoms with van der Waals surface area (Å²) in [6.07, 6.45) is 1.51. The Bertz CT molecular complexity index is 697. The standard InChI is InChI=1S/C17H20N2O3/c1-17(2,3)12-6-8-13(9-7-12)19-15(20)11-22-14-5-4-10-18-16(14)21/h4-10H,11H2,1-3H3,(H,18,21)(H,19,20). The van der Waals surface area contributed by atoms with E-state index in [1.54, 1.807) is 6.07 Å². The topological polar surface area (TPSA) is 71.2 Å². The highest BCUT2D eigenvalue weighted by atomic mass is 16.5. The van der Waals surface area contributed by atoms with Gasteiger partial charge in [0, 0.05) is 11.9 Å². The first-order chi connectivity index (χ1) is 10.4. The molecule has 2 N–H and O–H groups in total. The number of H-pyrrole nitrogens is 1. The van der Waals surface area contributed by atoms with Gasteiger partial charge in [-0.05, 0) is 35.2 Å². The zero-order valence-electron chi connectivity index (χ0n) is 13.0. The third-order valence-electron chi connectivity index (χ3n) is 3.18. The number of benzene rings is 1. The van der Waals surface area contributed by atoms with Crippen molar-refractivity contribution in [3.8, 4) is 5.75 Å². The highest BCUT2D eigenvalue weighted by Crippen LogP contribution is 2.23. The molecule has 22 heavy (non-hydrogen) atoms. The normalized spacial score (nSPS) is 11.0. The van der Waals surface area contributed by atoms with Crippen LogP contribution >= 0.6 is 0 Å². The van der Waals surface area contributed by atoms with E-state index in [2.05, 4.69) is 31.1 Å². The summed E-state index contributed by atoms with van der Waals surface area (Å²) in [5.41, 5.74) is 1.60. The Kier molecular flexibility index (Phi) is 4.65. The first-order valence-electron chi connectivity index (χ1n) is 7.07. The van der Waals surface area contributed by atoms with E-state index in [-0.39, 0.29) is 29.2 Å². The Morgan fingerprint density at radius 3 is 2.45 bits per heavy atom. The SMILES string of the molecule is CC(C)(C)c1ccc(NC(=O)COc2ccc[nH]c2=O)cc1. The molecule has 0 saturated heterocycles. The van der Waals surface area contributed by atoms with Crippen LogP contribution in [0.5, 0.6) is 5.75 Å². The average Bonchev–Trinajstić information content (AvgIpc) is 2.46. The Morgan fingerprint density at radius 2 is 1.86 bits per heavy atom. The molecule has 5 heteroatoms. The number of pyridine rings is 1. The van der Waals surface area contributed by atoms with Crippen LogP contribution in [-0.2, 0) is 10.2 Å². The minimum absolute atomic E-state index is 0.0694. The lowest BCUT2D eigenvalue weighted by molar-refractivity contribution is -0.118. The molecule has 0 aliphatic heterocycles. The van der Waals surface area contributed by atoms with Crippen LogP contribution in [0.3, 0.4) is 0 Å². The average molecular weight is 300 g/mol. The molecule has 0 aliphatic rings. The van der Waals surface area contributed by atoms with Gasteiger partial charge in [0.1, 0.15) is 0 Å². The molecular weight excluding hydrogens is 280 g/mol. The lowest BCUT2D eigenvalue weighted by Crippen LogP contribution is -2.22. The molecule has 1 aromatic carbocycles. The largest absolute Gasteiger partial charge is 0.478 e. The first-order valence-corrected chi connectivity index (χ1v) is 7.07. The molecule has 5 nitrogen and oxygen atoms in total. The molecule has 0 saturated carbocycles. The predicted octanol–water partition coefficient (Wildman–Crippen LogP) is 2.69. The summed E-state index contributed by atoms with van der Waals surface area (Å²) < 4.78 is 5.19. The zero-order chi connectivity index (χ0) is 16.2. The van der Waals surface area contributed by atoms with E-state index in [9.17, 15) is 9.59 Å². The molecule has 0 aliphatic carbocycles. The molecule has 2 aromatic rings. The van der Waals surface area contributed by atoms with Crippen LogP contribution in [0.1, 0.15) is 26.3 Å². The van der Waals surface area contributed by atoms with Gasteiger partial charge >= 0.3 is 0 Å². The molecule has 116 valence electrons. The van der Waals surface area contributed by atoms with E-state index in [1.165, 1.54) is 17.8 Å².